The van der Waals surface area contributed by atoms with Crippen molar-refractivity contribution in [3.63, 3.8) is 0 Å². The molecule has 0 bridgehead atoms. The molecule has 0 aliphatic carbocycles. The molecule has 1 atom stereocenters. The average Bonchev–Trinajstić information content (AvgIpc) is 2.28. The molecule has 1 aromatic carbocycles. The molecule has 108 valence electrons. The molecule has 0 spiro atoms. The Bertz CT molecular complexity index is 468. The quantitative estimate of drug-likeness (QED) is 0.554. The van der Waals surface area contributed by atoms with Crippen molar-refractivity contribution in [2.24, 2.45) is 10.9 Å². The van der Waals surface area contributed by atoms with E-state index in [1.807, 2.05) is 30.3 Å². The van der Waals surface area contributed by atoms with Crippen molar-refractivity contribution >= 4 is 16.4 Å². The normalized spacial score (nSPS) is 11.9. The highest BCUT2D eigenvalue weighted by atomic mass is 32.2. The van der Waals surface area contributed by atoms with Gasteiger partial charge in [0.15, 0.2) is 0 Å². The molecule has 0 unspecified atom stereocenters. The topological polar surface area (TPSA) is 153 Å². The maximum atomic E-state index is 10.4. The molecular weight excluding hydrogens is 276 g/mol. The van der Waals surface area contributed by atoms with Crippen molar-refractivity contribution in [1.82, 2.24) is 0 Å². The number of rotatable bonds is 4. The zero-order valence-corrected chi connectivity index (χ0v) is 10.8. The maximum Gasteiger partial charge on any atom is 0.404 e. The Morgan fingerprint density at radius 3 is 2.16 bits per heavy atom. The molecule has 0 radical (unpaired) electrons. The van der Waals surface area contributed by atoms with Crippen LogP contribution in [-0.4, -0.2) is 37.4 Å². The van der Waals surface area contributed by atoms with Gasteiger partial charge in [-0.1, -0.05) is 30.3 Å². The van der Waals surface area contributed by atoms with E-state index >= 15 is 0 Å². The Hall–Kier alpha value is -1.68. The van der Waals surface area contributed by atoms with Gasteiger partial charge in [-0.2, -0.15) is 8.42 Å². The van der Waals surface area contributed by atoms with Crippen LogP contribution in [0, 0.1) is 0 Å². The van der Waals surface area contributed by atoms with Crippen LogP contribution in [0.1, 0.15) is 11.5 Å². The van der Waals surface area contributed by atoms with Gasteiger partial charge in [-0.25, -0.2) is 9.93 Å². The SMILES string of the molecule is NC(=O)OC[C@@H](CO)c1ccccc1.NS(=O)(=O)O. The third kappa shape index (κ3) is 11.2. The van der Waals surface area contributed by atoms with Crippen LogP contribution in [0.25, 0.3) is 0 Å². The first kappa shape index (κ1) is 17.3. The lowest BCUT2D eigenvalue weighted by Gasteiger charge is -2.13. The molecule has 8 nitrogen and oxygen atoms in total. The van der Waals surface area contributed by atoms with Gasteiger partial charge >= 0.3 is 16.4 Å². The van der Waals surface area contributed by atoms with E-state index in [9.17, 15) is 4.79 Å². The Balaban J connectivity index is 0.000000555. The fraction of sp³-hybridized carbons (Fsp3) is 0.300. The summed E-state index contributed by atoms with van der Waals surface area (Å²) in [7, 11) is -4.17. The van der Waals surface area contributed by atoms with Gasteiger partial charge in [0.25, 0.3) is 0 Å². The summed E-state index contributed by atoms with van der Waals surface area (Å²) < 4.78 is 29.8. The van der Waals surface area contributed by atoms with Gasteiger partial charge in [0.1, 0.15) is 6.61 Å². The second-order valence-electron chi connectivity index (χ2n) is 3.44. The van der Waals surface area contributed by atoms with E-state index in [0.29, 0.717) is 0 Å². The van der Waals surface area contributed by atoms with E-state index in [0.717, 1.165) is 5.56 Å². The Morgan fingerprint density at radius 1 is 1.32 bits per heavy atom. The summed E-state index contributed by atoms with van der Waals surface area (Å²) in [5.74, 6) is -0.205. The predicted octanol–water partition coefficient (Wildman–Crippen LogP) is -0.394. The van der Waals surface area contributed by atoms with Crippen molar-refractivity contribution < 1.29 is 27.6 Å². The van der Waals surface area contributed by atoms with E-state index in [1.54, 1.807) is 0 Å². The lowest BCUT2D eigenvalue weighted by Crippen LogP contribution is -2.19. The number of aliphatic hydroxyl groups is 1. The van der Waals surface area contributed by atoms with E-state index in [2.05, 4.69) is 9.88 Å². The van der Waals surface area contributed by atoms with Crippen LogP contribution < -0.4 is 10.9 Å². The van der Waals surface area contributed by atoms with Gasteiger partial charge < -0.3 is 15.6 Å². The number of ether oxygens (including phenoxy) is 1. The van der Waals surface area contributed by atoms with Crippen LogP contribution >= 0.6 is 0 Å². The number of hydrogen-bond acceptors (Lipinski definition) is 5. The molecule has 0 aromatic heterocycles. The standard InChI is InChI=1S/C10H13NO3.H3NO3S/c11-10(13)14-7-9(6-12)8-4-2-1-3-5-8;1-5(2,3)4/h1-5,9,12H,6-7H2,(H2,11,13);(H3,1,2,3,4)/t9-;/m1./s1. The Kier molecular flexibility index (Phi) is 7.68. The van der Waals surface area contributed by atoms with Crippen molar-refractivity contribution in [1.29, 1.82) is 0 Å². The van der Waals surface area contributed by atoms with Gasteiger partial charge in [0, 0.05) is 5.92 Å². The van der Waals surface area contributed by atoms with Gasteiger partial charge in [-0.15, -0.1) is 0 Å². The predicted molar refractivity (Wildman–Crippen MR) is 67.5 cm³/mol. The van der Waals surface area contributed by atoms with Gasteiger partial charge in [0.2, 0.25) is 0 Å². The van der Waals surface area contributed by atoms with E-state index in [1.165, 1.54) is 0 Å². The second-order valence-corrected chi connectivity index (χ2v) is 4.47. The first-order valence-corrected chi connectivity index (χ1v) is 6.57. The summed E-state index contributed by atoms with van der Waals surface area (Å²) in [6, 6.07) is 9.34. The van der Waals surface area contributed by atoms with Crippen molar-refractivity contribution in [2.75, 3.05) is 13.2 Å². The molecule has 0 saturated heterocycles. The molecule has 1 amide bonds. The largest absolute Gasteiger partial charge is 0.449 e. The van der Waals surface area contributed by atoms with E-state index < -0.39 is 16.4 Å². The second kappa shape index (κ2) is 8.43. The highest BCUT2D eigenvalue weighted by Crippen LogP contribution is 2.14. The Labute approximate surface area is 110 Å². The van der Waals surface area contributed by atoms with E-state index in [-0.39, 0.29) is 19.1 Å². The molecule has 19 heavy (non-hydrogen) atoms. The Morgan fingerprint density at radius 2 is 1.79 bits per heavy atom. The minimum atomic E-state index is -4.17. The fourth-order valence-electron chi connectivity index (χ4n) is 1.16. The smallest absolute Gasteiger partial charge is 0.404 e. The molecule has 0 heterocycles. The minimum absolute atomic E-state index is 0.0721. The fourth-order valence-corrected chi connectivity index (χ4v) is 1.16. The number of aliphatic hydroxyl groups excluding tert-OH is 1. The van der Waals surface area contributed by atoms with E-state index in [4.69, 9.17) is 23.8 Å². The molecule has 9 heteroatoms. The summed E-state index contributed by atoms with van der Waals surface area (Å²) in [5, 5.41) is 12.9. The lowest BCUT2D eigenvalue weighted by molar-refractivity contribution is 0.133. The van der Waals surface area contributed by atoms with Crippen molar-refractivity contribution in [3.8, 4) is 0 Å². The molecular formula is C10H16N2O6S. The molecule has 0 aliphatic heterocycles. The highest BCUT2D eigenvalue weighted by Gasteiger charge is 2.11. The molecule has 0 aliphatic rings. The summed E-state index contributed by atoms with van der Waals surface area (Å²) in [5.41, 5.74) is 5.76. The highest BCUT2D eigenvalue weighted by molar-refractivity contribution is 7.83. The molecule has 0 saturated carbocycles. The number of hydrogen-bond donors (Lipinski definition) is 4. The van der Waals surface area contributed by atoms with Crippen LogP contribution in [0.3, 0.4) is 0 Å². The van der Waals surface area contributed by atoms with Crippen LogP contribution in [0.5, 0.6) is 0 Å². The van der Waals surface area contributed by atoms with Crippen molar-refractivity contribution in [3.05, 3.63) is 35.9 Å². The summed E-state index contributed by atoms with van der Waals surface area (Å²) in [6.07, 6.45) is -0.820. The number of amides is 1. The average molecular weight is 292 g/mol. The summed E-state index contributed by atoms with van der Waals surface area (Å²) in [4.78, 5) is 10.4. The van der Waals surface area contributed by atoms with Gasteiger partial charge in [-0.3, -0.25) is 4.55 Å². The number of carbonyl (C=O) groups excluding carboxylic acids is 1. The monoisotopic (exact) mass is 292 g/mol. The maximum absolute atomic E-state index is 10.4. The number of benzene rings is 1. The third-order valence-corrected chi connectivity index (χ3v) is 1.92. The minimum Gasteiger partial charge on any atom is -0.449 e. The number of primary amides is 1. The van der Waals surface area contributed by atoms with Crippen molar-refractivity contribution in [2.45, 2.75) is 5.92 Å². The lowest BCUT2D eigenvalue weighted by atomic mass is 10.0. The molecule has 0 fully saturated rings. The van der Waals surface area contributed by atoms with Gasteiger partial charge in [0.05, 0.1) is 6.61 Å². The molecule has 1 rings (SSSR count). The van der Waals surface area contributed by atoms with Gasteiger partial charge in [-0.05, 0) is 5.56 Å². The number of nitrogens with two attached hydrogens (primary N) is 2. The zero-order chi connectivity index (χ0) is 14.9. The third-order valence-electron chi connectivity index (χ3n) is 1.92. The van der Waals surface area contributed by atoms with Crippen LogP contribution in [0.4, 0.5) is 4.79 Å². The molecule has 6 N–H and O–H groups in total. The summed E-state index contributed by atoms with van der Waals surface area (Å²) in [6.45, 7) is 0.0349. The number of carbonyl (C=O) groups is 1. The van der Waals surface area contributed by atoms with Crippen LogP contribution in [-0.2, 0) is 15.0 Å². The first-order chi connectivity index (χ1) is 8.74. The van der Waals surface area contributed by atoms with Crippen LogP contribution in [0.2, 0.25) is 0 Å². The summed E-state index contributed by atoms with van der Waals surface area (Å²) >= 11 is 0. The first-order valence-electron chi connectivity index (χ1n) is 5.07. The zero-order valence-electron chi connectivity index (χ0n) is 9.97. The van der Waals surface area contributed by atoms with Crippen LogP contribution in [0.15, 0.2) is 30.3 Å². The molecule has 1 aromatic rings.